The van der Waals surface area contributed by atoms with Crippen LogP contribution in [0.1, 0.15) is 10.4 Å². The van der Waals surface area contributed by atoms with Crippen molar-refractivity contribution in [2.45, 2.75) is 0 Å². The van der Waals surface area contributed by atoms with Gasteiger partial charge in [0.05, 0.1) is 31.7 Å². The van der Waals surface area contributed by atoms with E-state index in [-0.39, 0.29) is 5.91 Å². The standard InChI is InChI=1S/C20H18ClN3O3/c1-26-18-8-7-16(10-19(18)27-2)23-17-9-13(11-22-12-17)20(25)24-15-5-3-14(21)4-6-15/h3-12,23H,1-2H3,(H,24,25). The van der Waals surface area contributed by atoms with Crippen molar-refractivity contribution in [1.82, 2.24) is 4.98 Å². The maximum Gasteiger partial charge on any atom is 0.257 e. The minimum atomic E-state index is -0.263. The lowest BCUT2D eigenvalue weighted by Crippen LogP contribution is -2.12. The molecule has 0 fully saturated rings. The van der Waals surface area contributed by atoms with Crippen molar-refractivity contribution in [2.75, 3.05) is 24.9 Å². The van der Waals surface area contributed by atoms with Crippen molar-refractivity contribution >= 4 is 34.6 Å². The van der Waals surface area contributed by atoms with Crippen LogP contribution >= 0.6 is 11.6 Å². The van der Waals surface area contributed by atoms with Gasteiger partial charge in [0.2, 0.25) is 0 Å². The van der Waals surface area contributed by atoms with E-state index >= 15 is 0 Å². The highest BCUT2D eigenvalue weighted by atomic mass is 35.5. The van der Waals surface area contributed by atoms with Crippen LogP contribution in [0.25, 0.3) is 0 Å². The van der Waals surface area contributed by atoms with Crippen LogP contribution in [0.2, 0.25) is 5.02 Å². The predicted octanol–water partition coefficient (Wildman–Crippen LogP) is 4.75. The van der Waals surface area contributed by atoms with Gasteiger partial charge in [-0.05, 0) is 42.5 Å². The van der Waals surface area contributed by atoms with Crippen LogP contribution in [-0.4, -0.2) is 25.1 Å². The lowest BCUT2D eigenvalue weighted by atomic mass is 10.2. The van der Waals surface area contributed by atoms with Crippen LogP contribution in [0.5, 0.6) is 11.5 Å². The number of halogens is 1. The molecular formula is C20H18ClN3O3. The molecule has 0 radical (unpaired) electrons. The fourth-order valence-corrected chi connectivity index (χ4v) is 2.58. The molecule has 1 aromatic heterocycles. The zero-order valence-electron chi connectivity index (χ0n) is 14.8. The predicted molar refractivity (Wildman–Crippen MR) is 106 cm³/mol. The molecule has 0 aliphatic heterocycles. The number of carbonyl (C=O) groups excluding carboxylic acids is 1. The number of hydrogen-bond acceptors (Lipinski definition) is 5. The van der Waals surface area contributed by atoms with Crippen molar-refractivity contribution in [3.05, 3.63) is 71.5 Å². The smallest absolute Gasteiger partial charge is 0.257 e. The highest BCUT2D eigenvalue weighted by Gasteiger charge is 2.09. The lowest BCUT2D eigenvalue weighted by Gasteiger charge is -2.12. The third-order valence-electron chi connectivity index (χ3n) is 3.77. The second kappa shape index (κ2) is 8.42. The number of rotatable bonds is 6. The lowest BCUT2D eigenvalue weighted by molar-refractivity contribution is 0.102. The number of ether oxygens (including phenoxy) is 2. The molecule has 3 aromatic rings. The number of amides is 1. The second-order valence-electron chi connectivity index (χ2n) is 5.62. The number of anilines is 3. The number of pyridine rings is 1. The molecule has 0 bridgehead atoms. The summed E-state index contributed by atoms with van der Waals surface area (Å²) in [6, 6.07) is 14.1. The van der Waals surface area contributed by atoms with Crippen LogP contribution in [-0.2, 0) is 0 Å². The van der Waals surface area contributed by atoms with E-state index in [4.69, 9.17) is 21.1 Å². The molecule has 3 rings (SSSR count). The number of methoxy groups -OCH3 is 2. The molecule has 2 N–H and O–H groups in total. The largest absolute Gasteiger partial charge is 0.493 e. The summed E-state index contributed by atoms with van der Waals surface area (Å²) in [6.45, 7) is 0. The van der Waals surface area contributed by atoms with Crippen molar-refractivity contribution in [3.8, 4) is 11.5 Å². The van der Waals surface area contributed by atoms with Crippen LogP contribution in [0, 0.1) is 0 Å². The van der Waals surface area contributed by atoms with Crippen LogP contribution in [0.3, 0.4) is 0 Å². The Kier molecular flexibility index (Phi) is 5.78. The number of carbonyl (C=O) groups is 1. The quantitative estimate of drug-likeness (QED) is 0.642. The van der Waals surface area contributed by atoms with E-state index in [1.54, 1.807) is 62.9 Å². The third-order valence-corrected chi connectivity index (χ3v) is 4.03. The summed E-state index contributed by atoms with van der Waals surface area (Å²) < 4.78 is 10.5. The van der Waals surface area contributed by atoms with E-state index in [0.717, 1.165) is 5.69 Å². The van der Waals surface area contributed by atoms with Crippen LogP contribution in [0.4, 0.5) is 17.1 Å². The highest BCUT2D eigenvalue weighted by molar-refractivity contribution is 6.30. The van der Waals surface area contributed by atoms with E-state index in [0.29, 0.717) is 33.5 Å². The zero-order chi connectivity index (χ0) is 19.2. The Morgan fingerprint density at radius 1 is 0.889 bits per heavy atom. The van der Waals surface area contributed by atoms with Crippen molar-refractivity contribution < 1.29 is 14.3 Å². The van der Waals surface area contributed by atoms with Gasteiger partial charge in [0.25, 0.3) is 5.91 Å². The average molecular weight is 384 g/mol. The number of nitrogens with one attached hydrogen (secondary N) is 2. The first-order valence-corrected chi connectivity index (χ1v) is 8.48. The van der Waals surface area contributed by atoms with Gasteiger partial charge in [-0.2, -0.15) is 0 Å². The second-order valence-corrected chi connectivity index (χ2v) is 6.05. The molecule has 7 heteroatoms. The molecule has 0 saturated carbocycles. The molecule has 2 aromatic carbocycles. The first-order valence-electron chi connectivity index (χ1n) is 8.10. The SMILES string of the molecule is COc1ccc(Nc2cncc(C(=O)Nc3ccc(Cl)cc3)c2)cc1OC. The number of benzene rings is 2. The fourth-order valence-electron chi connectivity index (χ4n) is 2.45. The van der Waals surface area contributed by atoms with Gasteiger partial charge in [-0.3, -0.25) is 9.78 Å². The summed E-state index contributed by atoms with van der Waals surface area (Å²) in [6.07, 6.45) is 3.14. The van der Waals surface area contributed by atoms with Gasteiger partial charge < -0.3 is 20.1 Å². The van der Waals surface area contributed by atoms with E-state index in [1.165, 1.54) is 6.20 Å². The Morgan fingerprint density at radius 2 is 1.59 bits per heavy atom. The van der Waals surface area contributed by atoms with E-state index in [9.17, 15) is 4.79 Å². The topological polar surface area (TPSA) is 72.5 Å². The van der Waals surface area contributed by atoms with Gasteiger partial charge in [-0.1, -0.05) is 11.6 Å². The monoisotopic (exact) mass is 383 g/mol. The Morgan fingerprint density at radius 3 is 2.30 bits per heavy atom. The van der Waals surface area contributed by atoms with Crippen molar-refractivity contribution in [3.63, 3.8) is 0 Å². The summed E-state index contributed by atoms with van der Waals surface area (Å²) in [5, 5.41) is 6.62. The molecule has 0 saturated heterocycles. The number of hydrogen-bond donors (Lipinski definition) is 2. The maximum atomic E-state index is 12.4. The summed E-state index contributed by atoms with van der Waals surface area (Å²) in [5.74, 6) is 0.977. The maximum absolute atomic E-state index is 12.4. The number of nitrogens with zero attached hydrogens (tertiary/aromatic N) is 1. The van der Waals surface area contributed by atoms with Gasteiger partial charge >= 0.3 is 0 Å². The summed E-state index contributed by atoms with van der Waals surface area (Å²) >= 11 is 5.86. The summed E-state index contributed by atoms with van der Waals surface area (Å²) in [5.41, 5.74) is 2.54. The first-order chi connectivity index (χ1) is 13.1. The molecule has 27 heavy (non-hydrogen) atoms. The van der Waals surface area contributed by atoms with Gasteiger partial charge in [-0.15, -0.1) is 0 Å². The zero-order valence-corrected chi connectivity index (χ0v) is 15.6. The molecule has 138 valence electrons. The molecule has 6 nitrogen and oxygen atoms in total. The minimum absolute atomic E-state index is 0.263. The van der Waals surface area contributed by atoms with Crippen molar-refractivity contribution in [1.29, 1.82) is 0 Å². The van der Waals surface area contributed by atoms with Gasteiger partial charge in [0.1, 0.15) is 0 Å². The normalized spacial score (nSPS) is 10.2. The molecule has 0 atom stereocenters. The summed E-state index contributed by atoms with van der Waals surface area (Å²) in [7, 11) is 3.16. The van der Waals surface area contributed by atoms with Gasteiger partial charge in [0.15, 0.2) is 11.5 Å². The molecular weight excluding hydrogens is 366 g/mol. The van der Waals surface area contributed by atoms with Gasteiger partial charge in [0, 0.05) is 28.7 Å². The molecule has 1 heterocycles. The van der Waals surface area contributed by atoms with E-state index < -0.39 is 0 Å². The number of aromatic nitrogens is 1. The Balaban J connectivity index is 1.75. The van der Waals surface area contributed by atoms with Crippen LogP contribution in [0.15, 0.2) is 60.9 Å². The molecule has 0 unspecified atom stereocenters. The van der Waals surface area contributed by atoms with E-state index in [1.807, 2.05) is 6.07 Å². The Bertz CT molecular complexity index is 945. The molecule has 0 aliphatic rings. The first kappa shape index (κ1) is 18.5. The molecule has 0 aliphatic carbocycles. The average Bonchev–Trinajstić information content (AvgIpc) is 2.69. The Hall–Kier alpha value is -3.25. The fraction of sp³-hybridized carbons (Fsp3) is 0.100. The molecule has 1 amide bonds. The van der Waals surface area contributed by atoms with Gasteiger partial charge in [-0.25, -0.2) is 0 Å². The van der Waals surface area contributed by atoms with Crippen LogP contribution < -0.4 is 20.1 Å². The molecule has 0 spiro atoms. The highest BCUT2D eigenvalue weighted by Crippen LogP contribution is 2.31. The minimum Gasteiger partial charge on any atom is -0.493 e. The van der Waals surface area contributed by atoms with E-state index in [2.05, 4.69) is 15.6 Å². The summed E-state index contributed by atoms with van der Waals surface area (Å²) in [4.78, 5) is 16.6. The van der Waals surface area contributed by atoms with Crippen molar-refractivity contribution in [2.24, 2.45) is 0 Å². The Labute approximate surface area is 162 Å². The third kappa shape index (κ3) is 4.68.